The van der Waals surface area contributed by atoms with Crippen LogP contribution in [0.2, 0.25) is 0 Å². The first-order valence-electron chi connectivity index (χ1n) is 9.55. The maximum atomic E-state index is 4.62. The number of likely N-dealkylation sites (N-methyl/N-ethyl adjacent to an activating group) is 1. The highest BCUT2D eigenvalue weighted by Gasteiger charge is 2.16. The van der Waals surface area contributed by atoms with Crippen molar-refractivity contribution in [2.75, 3.05) is 38.1 Å². The standard InChI is InChI=1S/C22H22N6/c1-27-7-9-28(10-8-27)21-12-16(4-6-24-21)20-15-26-22-19(20)11-18(14-25-22)17-3-2-5-23-13-17/h2-6,11-15H,7-10H2,1H3,(H,25,26). The molecule has 0 radical (unpaired) electrons. The second-order valence-electron chi connectivity index (χ2n) is 7.26. The Morgan fingerprint density at radius 2 is 1.79 bits per heavy atom. The molecule has 0 atom stereocenters. The van der Waals surface area contributed by atoms with Crippen LogP contribution < -0.4 is 4.90 Å². The average molecular weight is 370 g/mol. The van der Waals surface area contributed by atoms with Crippen LogP contribution in [0.25, 0.3) is 33.3 Å². The summed E-state index contributed by atoms with van der Waals surface area (Å²) in [6.45, 7) is 4.15. The van der Waals surface area contributed by atoms with Gasteiger partial charge in [0.2, 0.25) is 0 Å². The summed E-state index contributed by atoms with van der Waals surface area (Å²) in [6.07, 6.45) is 9.48. The molecule has 0 aliphatic carbocycles. The first-order valence-corrected chi connectivity index (χ1v) is 9.55. The molecule has 28 heavy (non-hydrogen) atoms. The number of hydrogen-bond acceptors (Lipinski definition) is 5. The highest BCUT2D eigenvalue weighted by molar-refractivity contribution is 5.96. The van der Waals surface area contributed by atoms with Gasteiger partial charge in [-0.1, -0.05) is 6.07 Å². The molecule has 140 valence electrons. The van der Waals surface area contributed by atoms with E-state index in [4.69, 9.17) is 0 Å². The zero-order valence-corrected chi connectivity index (χ0v) is 15.8. The lowest BCUT2D eigenvalue weighted by atomic mass is 10.0. The van der Waals surface area contributed by atoms with Gasteiger partial charge in [0, 0.05) is 79.2 Å². The summed E-state index contributed by atoms with van der Waals surface area (Å²) in [7, 11) is 2.17. The predicted molar refractivity (Wildman–Crippen MR) is 112 cm³/mol. The minimum Gasteiger partial charge on any atom is -0.354 e. The molecule has 0 spiro atoms. The fourth-order valence-corrected chi connectivity index (χ4v) is 3.73. The van der Waals surface area contributed by atoms with Crippen molar-refractivity contribution in [2.24, 2.45) is 0 Å². The molecular formula is C22H22N6. The molecule has 4 aromatic heterocycles. The van der Waals surface area contributed by atoms with Gasteiger partial charge < -0.3 is 14.8 Å². The van der Waals surface area contributed by atoms with E-state index >= 15 is 0 Å². The van der Waals surface area contributed by atoms with Gasteiger partial charge in [0.25, 0.3) is 0 Å². The zero-order valence-electron chi connectivity index (χ0n) is 15.8. The lowest BCUT2D eigenvalue weighted by molar-refractivity contribution is 0.312. The van der Waals surface area contributed by atoms with Gasteiger partial charge in [-0.15, -0.1) is 0 Å². The molecule has 6 nitrogen and oxygen atoms in total. The first kappa shape index (κ1) is 16.9. The summed E-state index contributed by atoms with van der Waals surface area (Å²) in [5.74, 6) is 1.04. The summed E-state index contributed by atoms with van der Waals surface area (Å²) in [5, 5.41) is 1.11. The van der Waals surface area contributed by atoms with Crippen LogP contribution in [0.4, 0.5) is 5.82 Å². The van der Waals surface area contributed by atoms with Crippen molar-refractivity contribution in [1.29, 1.82) is 0 Å². The lowest BCUT2D eigenvalue weighted by Gasteiger charge is -2.33. The molecule has 0 saturated carbocycles. The minimum absolute atomic E-state index is 0.889. The normalized spacial score (nSPS) is 15.2. The highest BCUT2D eigenvalue weighted by Crippen LogP contribution is 2.32. The smallest absolute Gasteiger partial charge is 0.137 e. The van der Waals surface area contributed by atoms with Crippen LogP contribution in [-0.4, -0.2) is 58.1 Å². The number of nitrogens with one attached hydrogen (secondary N) is 1. The summed E-state index contributed by atoms with van der Waals surface area (Å²) >= 11 is 0. The van der Waals surface area contributed by atoms with E-state index in [1.165, 1.54) is 0 Å². The Morgan fingerprint density at radius 1 is 0.893 bits per heavy atom. The Labute approximate surface area is 163 Å². The summed E-state index contributed by atoms with van der Waals surface area (Å²) < 4.78 is 0. The predicted octanol–water partition coefficient (Wildman–Crippen LogP) is 3.44. The van der Waals surface area contributed by atoms with Crippen molar-refractivity contribution < 1.29 is 0 Å². The Morgan fingerprint density at radius 3 is 2.61 bits per heavy atom. The third-order valence-corrected chi connectivity index (χ3v) is 5.41. The molecule has 5 heterocycles. The Balaban J connectivity index is 1.53. The Hall–Kier alpha value is -3.25. The third-order valence-electron chi connectivity index (χ3n) is 5.41. The third kappa shape index (κ3) is 3.12. The van der Waals surface area contributed by atoms with Crippen LogP contribution in [0, 0.1) is 0 Å². The number of anilines is 1. The molecule has 1 saturated heterocycles. The molecule has 4 aromatic rings. The SMILES string of the molecule is CN1CCN(c2cc(-c3c[nH]c4ncc(-c5cccnc5)cc34)ccn2)CC1. The Bertz CT molecular complexity index is 1100. The number of nitrogens with zero attached hydrogens (tertiary/aromatic N) is 5. The van der Waals surface area contributed by atoms with E-state index in [2.05, 4.69) is 61.0 Å². The van der Waals surface area contributed by atoms with Crippen molar-refractivity contribution in [3.63, 3.8) is 0 Å². The van der Waals surface area contributed by atoms with Gasteiger partial charge in [-0.25, -0.2) is 9.97 Å². The van der Waals surface area contributed by atoms with Crippen LogP contribution in [0.3, 0.4) is 0 Å². The zero-order chi connectivity index (χ0) is 18.9. The van der Waals surface area contributed by atoms with Crippen LogP contribution in [0.1, 0.15) is 0 Å². The van der Waals surface area contributed by atoms with Gasteiger partial charge in [0.05, 0.1) is 0 Å². The van der Waals surface area contributed by atoms with E-state index in [0.717, 1.165) is 65.3 Å². The fraction of sp³-hybridized carbons (Fsp3) is 0.227. The molecule has 1 aliphatic heterocycles. The summed E-state index contributed by atoms with van der Waals surface area (Å²) in [6, 6.07) is 10.4. The molecule has 5 rings (SSSR count). The minimum atomic E-state index is 0.889. The van der Waals surface area contributed by atoms with Crippen molar-refractivity contribution >= 4 is 16.9 Å². The Kier molecular flexibility index (Phi) is 4.25. The maximum Gasteiger partial charge on any atom is 0.137 e. The largest absolute Gasteiger partial charge is 0.354 e. The second-order valence-corrected chi connectivity index (χ2v) is 7.26. The fourth-order valence-electron chi connectivity index (χ4n) is 3.73. The van der Waals surface area contributed by atoms with Crippen LogP contribution in [0.5, 0.6) is 0 Å². The number of aromatic nitrogens is 4. The summed E-state index contributed by atoms with van der Waals surface area (Å²) in [4.78, 5) is 21.5. The molecule has 0 aromatic carbocycles. The molecular weight excluding hydrogens is 348 g/mol. The van der Waals surface area contributed by atoms with Crippen molar-refractivity contribution in [3.8, 4) is 22.3 Å². The highest BCUT2D eigenvalue weighted by atomic mass is 15.3. The van der Waals surface area contributed by atoms with Gasteiger partial charge in [-0.2, -0.15) is 0 Å². The monoisotopic (exact) mass is 370 g/mol. The van der Waals surface area contributed by atoms with Crippen LogP contribution in [-0.2, 0) is 0 Å². The van der Waals surface area contributed by atoms with Crippen molar-refractivity contribution in [2.45, 2.75) is 0 Å². The molecule has 1 N–H and O–H groups in total. The van der Waals surface area contributed by atoms with E-state index in [1.54, 1.807) is 6.20 Å². The average Bonchev–Trinajstić information content (AvgIpc) is 3.18. The van der Waals surface area contributed by atoms with Crippen molar-refractivity contribution in [3.05, 3.63) is 61.3 Å². The van der Waals surface area contributed by atoms with Gasteiger partial charge in [-0.3, -0.25) is 4.98 Å². The van der Waals surface area contributed by atoms with Gasteiger partial charge in [0.1, 0.15) is 11.5 Å². The molecule has 1 aliphatic rings. The molecule has 0 unspecified atom stereocenters. The van der Waals surface area contributed by atoms with Gasteiger partial charge in [-0.05, 0) is 36.9 Å². The van der Waals surface area contributed by atoms with Crippen molar-refractivity contribution in [1.82, 2.24) is 24.8 Å². The number of aromatic amines is 1. The topological polar surface area (TPSA) is 60.9 Å². The van der Waals surface area contributed by atoms with E-state index < -0.39 is 0 Å². The number of rotatable bonds is 3. The van der Waals surface area contributed by atoms with E-state index in [9.17, 15) is 0 Å². The number of pyridine rings is 3. The number of fused-ring (bicyclic) bond motifs is 1. The van der Waals surface area contributed by atoms with Gasteiger partial charge in [0.15, 0.2) is 0 Å². The van der Waals surface area contributed by atoms with Gasteiger partial charge >= 0.3 is 0 Å². The number of piperazine rings is 1. The second kappa shape index (κ2) is 7.05. The lowest BCUT2D eigenvalue weighted by Crippen LogP contribution is -2.44. The van der Waals surface area contributed by atoms with Crippen LogP contribution >= 0.6 is 0 Å². The van der Waals surface area contributed by atoms with E-state index in [0.29, 0.717) is 0 Å². The molecule has 6 heteroatoms. The summed E-state index contributed by atoms with van der Waals surface area (Å²) in [5.41, 5.74) is 5.32. The maximum absolute atomic E-state index is 4.62. The molecule has 0 bridgehead atoms. The molecule has 1 fully saturated rings. The van der Waals surface area contributed by atoms with Crippen LogP contribution in [0.15, 0.2) is 61.3 Å². The number of H-pyrrole nitrogens is 1. The quantitative estimate of drug-likeness (QED) is 0.599. The number of hydrogen-bond donors (Lipinski definition) is 1. The van der Waals surface area contributed by atoms with E-state index in [-0.39, 0.29) is 0 Å². The molecule has 0 amide bonds. The first-order chi connectivity index (χ1) is 13.8. The van der Waals surface area contributed by atoms with E-state index in [1.807, 2.05) is 30.9 Å².